The zero-order valence-corrected chi connectivity index (χ0v) is 21.5. The topological polar surface area (TPSA) is 90.0 Å². The summed E-state index contributed by atoms with van der Waals surface area (Å²) in [5.41, 5.74) is 4.70. The molecule has 0 saturated carbocycles. The van der Waals surface area contributed by atoms with E-state index in [1.165, 1.54) is 0 Å². The highest BCUT2D eigenvalue weighted by atomic mass is 16.7. The molecule has 2 amide bonds. The Morgan fingerprint density at radius 1 is 0.923 bits per heavy atom. The number of pyridine rings is 1. The molecule has 8 heteroatoms. The van der Waals surface area contributed by atoms with Crippen LogP contribution in [0.15, 0.2) is 72.8 Å². The van der Waals surface area contributed by atoms with Crippen LogP contribution < -0.4 is 24.4 Å². The number of aryl methyl sites for hydroxylation is 2. The number of nitrogens with one attached hydrogen (secondary N) is 1. The Morgan fingerprint density at radius 2 is 1.74 bits per heavy atom. The van der Waals surface area contributed by atoms with Gasteiger partial charge in [-0.3, -0.25) is 9.59 Å². The molecule has 3 aliphatic rings. The summed E-state index contributed by atoms with van der Waals surface area (Å²) in [5.74, 6) is 2.04. The number of anilines is 2. The Labute approximate surface area is 225 Å². The fourth-order valence-corrected chi connectivity index (χ4v) is 5.81. The highest BCUT2D eigenvalue weighted by Gasteiger charge is 2.57. The maximum Gasteiger partial charge on any atom is 0.256 e. The SMILES string of the molecule is Cc1cc(C)nc(NC(=O)c2cccc(CN3C(=O)C4(COc5cc6c(cc54)OCO6)c4ccccc43)c2)c1. The molecule has 1 N–H and O–H groups in total. The fourth-order valence-electron chi connectivity index (χ4n) is 5.81. The van der Waals surface area contributed by atoms with Gasteiger partial charge in [0.25, 0.3) is 5.91 Å². The van der Waals surface area contributed by atoms with Gasteiger partial charge in [0.05, 0.1) is 6.54 Å². The highest BCUT2D eigenvalue weighted by Crippen LogP contribution is 2.55. The van der Waals surface area contributed by atoms with Crippen molar-refractivity contribution in [1.29, 1.82) is 0 Å². The lowest BCUT2D eigenvalue weighted by Crippen LogP contribution is -2.42. The van der Waals surface area contributed by atoms with Crippen molar-refractivity contribution in [3.8, 4) is 17.2 Å². The van der Waals surface area contributed by atoms with Crippen LogP contribution in [-0.4, -0.2) is 30.2 Å². The number of ether oxygens (including phenoxy) is 3. The van der Waals surface area contributed by atoms with E-state index in [1.807, 2.05) is 74.5 Å². The summed E-state index contributed by atoms with van der Waals surface area (Å²) in [6.45, 7) is 4.50. The summed E-state index contributed by atoms with van der Waals surface area (Å²) < 4.78 is 17.2. The maximum absolute atomic E-state index is 14.3. The highest BCUT2D eigenvalue weighted by molar-refractivity contribution is 6.11. The van der Waals surface area contributed by atoms with Gasteiger partial charge in [0.15, 0.2) is 11.5 Å². The molecule has 7 rings (SSSR count). The molecule has 39 heavy (non-hydrogen) atoms. The first-order valence-corrected chi connectivity index (χ1v) is 12.8. The third kappa shape index (κ3) is 3.63. The molecule has 3 aliphatic heterocycles. The van der Waals surface area contributed by atoms with Gasteiger partial charge in [-0.2, -0.15) is 0 Å². The van der Waals surface area contributed by atoms with Crippen LogP contribution in [0.4, 0.5) is 11.5 Å². The molecule has 1 aromatic heterocycles. The number of carbonyl (C=O) groups is 2. The van der Waals surface area contributed by atoms with Gasteiger partial charge in [-0.1, -0.05) is 30.3 Å². The number of hydrogen-bond acceptors (Lipinski definition) is 6. The number of benzene rings is 3. The van der Waals surface area contributed by atoms with E-state index < -0.39 is 5.41 Å². The number of hydrogen-bond donors (Lipinski definition) is 1. The molecule has 0 radical (unpaired) electrons. The standard InChI is InChI=1S/C31H25N3O5/c1-18-10-19(2)32-28(11-18)33-29(35)21-7-5-6-20(12-21)15-34-24-9-4-3-8-22(24)31(30(34)36)16-37-25-14-27-26(13-23(25)31)38-17-39-27/h3-14H,15-17H2,1-2H3,(H,32,33,35). The van der Waals surface area contributed by atoms with Gasteiger partial charge in [0.1, 0.15) is 23.6 Å². The van der Waals surface area contributed by atoms with Crippen LogP contribution in [0.3, 0.4) is 0 Å². The normalized spacial score (nSPS) is 18.2. The van der Waals surface area contributed by atoms with E-state index >= 15 is 0 Å². The van der Waals surface area contributed by atoms with Crippen LogP contribution in [0.1, 0.15) is 38.3 Å². The quantitative estimate of drug-likeness (QED) is 0.412. The van der Waals surface area contributed by atoms with Crippen molar-refractivity contribution in [1.82, 2.24) is 4.98 Å². The van der Waals surface area contributed by atoms with Gasteiger partial charge < -0.3 is 24.4 Å². The minimum atomic E-state index is -0.976. The van der Waals surface area contributed by atoms with Crippen molar-refractivity contribution >= 4 is 23.3 Å². The first-order valence-electron chi connectivity index (χ1n) is 12.8. The average molecular weight is 520 g/mol. The number of carbonyl (C=O) groups excluding carboxylic acids is 2. The van der Waals surface area contributed by atoms with Gasteiger partial charge >= 0.3 is 0 Å². The smallest absolute Gasteiger partial charge is 0.256 e. The molecular weight excluding hydrogens is 494 g/mol. The summed E-state index contributed by atoms with van der Waals surface area (Å²) in [6, 6.07) is 22.6. The lowest BCUT2D eigenvalue weighted by Gasteiger charge is -2.23. The van der Waals surface area contributed by atoms with Gasteiger partial charge in [0, 0.05) is 28.6 Å². The molecule has 0 fully saturated rings. The Hall–Kier alpha value is -4.85. The third-order valence-corrected chi connectivity index (χ3v) is 7.51. The van der Waals surface area contributed by atoms with Crippen LogP contribution >= 0.6 is 0 Å². The summed E-state index contributed by atoms with van der Waals surface area (Å²) in [6.07, 6.45) is 0. The fraction of sp³-hybridized carbons (Fsp3) is 0.194. The second-order valence-electron chi connectivity index (χ2n) is 10.1. The van der Waals surface area contributed by atoms with Crippen molar-refractivity contribution in [2.45, 2.75) is 25.8 Å². The van der Waals surface area contributed by atoms with Crippen LogP contribution in [-0.2, 0) is 16.8 Å². The van der Waals surface area contributed by atoms with Gasteiger partial charge in [-0.25, -0.2) is 4.98 Å². The van der Waals surface area contributed by atoms with Gasteiger partial charge in [-0.05, 0) is 66.9 Å². The number of para-hydroxylation sites is 1. The lowest BCUT2D eigenvalue weighted by atomic mass is 9.77. The van der Waals surface area contributed by atoms with Crippen molar-refractivity contribution in [2.75, 3.05) is 23.6 Å². The Bertz CT molecular complexity index is 1660. The van der Waals surface area contributed by atoms with Crippen molar-refractivity contribution in [3.63, 3.8) is 0 Å². The van der Waals surface area contributed by atoms with E-state index in [1.54, 1.807) is 17.0 Å². The average Bonchev–Trinajstić information content (AvgIpc) is 3.59. The van der Waals surface area contributed by atoms with Crippen molar-refractivity contribution in [2.24, 2.45) is 0 Å². The monoisotopic (exact) mass is 519 g/mol. The molecule has 0 saturated heterocycles. The molecule has 4 heterocycles. The molecule has 1 spiro atoms. The Balaban J connectivity index is 1.21. The lowest BCUT2D eigenvalue weighted by molar-refractivity contribution is -0.122. The summed E-state index contributed by atoms with van der Waals surface area (Å²) >= 11 is 0. The molecular formula is C31H25N3O5. The number of nitrogens with zero attached hydrogens (tertiary/aromatic N) is 2. The molecule has 194 valence electrons. The summed E-state index contributed by atoms with van der Waals surface area (Å²) in [7, 11) is 0. The molecule has 3 aromatic carbocycles. The van der Waals surface area contributed by atoms with Crippen molar-refractivity contribution in [3.05, 3.63) is 106 Å². The zero-order chi connectivity index (χ0) is 26.7. The predicted molar refractivity (Wildman–Crippen MR) is 145 cm³/mol. The van der Waals surface area contributed by atoms with E-state index in [0.29, 0.717) is 35.2 Å². The molecule has 0 aliphatic carbocycles. The van der Waals surface area contributed by atoms with E-state index in [2.05, 4.69) is 10.3 Å². The second kappa shape index (κ2) is 8.59. The summed E-state index contributed by atoms with van der Waals surface area (Å²) in [5, 5.41) is 2.89. The Kier molecular flexibility index (Phi) is 5.13. The predicted octanol–water partition coefficient (Wildman–Crippen LogP) is 4.90. The second-order valence-corrected chi connectivity index (χ2v) is 10.1. The summed E-state index contributed by atoms with van der Waals surface area (Å²) in [4.78, 5) is 33.5. The molecule has 1 atom stereocenters. The third-order valence-electron chi connectivity index (χ3n) is 7.51. The zero-order valence-electron chi connectivity index (χ0n) is 21.5. The maximum atomic E-state index is 14.3. The number of aromatic nitrogens is 1. The molecule has 1 unspecified atom stereocenters. The first-order chi connectivity index (χ1) is 18.9. The van der Waals surface area contributed by atoms with Gasteiger partial charge in [0.2, 0.25) is 12.7 Å². The van der Waals surface area contributed by atoms with E-state index in [9.17, 15) is 9.59 Å². The molecule has 8 nitrogen and oxygen atoms in total. The largest absolute Gasteiger partial charge is 0.491 e. The van der Waals surface area contributed by atoms with Crippen LogP contribution in [0.5, 0.6) is 17.2 Å². The van der Waals surface area contributed by atoms with Crippen LogP contribution in [0.2, 0.25) is 0 Å². The van der Waals surface area contributed by atoms with Crippen molar-refractivity contribution < 1.29 is 23.8 Å². The van der Waals surface area contributed by atoms with Gasteiger partial charge in [-0.15, -0.1) is 0 Å². The number of rotatable bonds is 4. The first kappa shape index (κ1) is 23.3. The number of amides is 2. The molecule has 0 bridgehead atoms. The Morgan fingerprint density at radius 3 is 2.59 bits per heavy atom. The minimum Gasteiger partial charge on any atom is -0.491 e. The molecule has 4 aromatic rings. The van der Waals surface area contributed by atoms with E-state index in [0.717, 1.165) is 33.6 Å². The van der Waals surface area contributed by atoms with Crippen LogP contribution in [0.25, 0.3) is 0 Å². The number of fused-ring (bicyclic) bond motifs is 5. The van der Waals surface area contributed by atoms with Crippen LogP contribution in [0, 0.1) is 13.8 Å². The van der Waals surface area contributed by atoms with E-state index in [-0.39, 0.29) is 25.2 Å². The van der Waals surface area contributed by atoms with E-state index in [4.69, 9.17) is 14.2 Å². The minimum absolute atomic E-state index is 0.0735.